The summed E-state index contributed by atoms with van der Waals surface area (Å²) in [6, 6.07) is 7.56. The Bertz CT molecular complexity index is 1030. The van der Waals surface area contributed by atoms with Crippen LogP contribution in [-0.4, -0.2) is 63.4 Å². The summed E-state index contributed by atoms with van der Waals surface area (Å²) in [6.07, 6.45) is 4.91. The van der Waals surface area contributed by atoms with E-state index in [0.29, 0.717) is 29.6 Å². The molecule has 2 aromatic rings. The highest BCUT2D eigenvalue weighted by molar-refractivity contribution is 6.32. The monoisotopic (exact) mass is 486 g/mol. The Morgan fingerprint density at radius 3 is 2.24 bits per heavy atom. The first kappa shape index (κ1) is 24.6. The van der Waals surface area contributed by atoms with E-state index in [-0.39, 0.29) is 17.9 Å². The average molecular weight is 487 g/mol. The van der Waals surface area contributed by atoms with Crippen molar-refractivity contribution in [2.24, 2.45) is 5.92 Å². The van der Waals surface area contributed by atoms with Crippen LogP contribution in [0.1, 0.15) is 75.3 Å². The molecular formula is C26H35ClN4O3. The summed E-state index contributed by atoms with van der Waals surface area (Å²) < 4.78 is 7.38. The number of carbonyl (C=O) groups excluding carboxylic acids is 2. The predicted octanol–water partition coefficient (Wildman–Crippen LogP) is 5.51. The van der Waals surface area contributed by atoms with Gasteiger partial charge in [0.1, 0.15) is 5.60 Å². The number of piperidine rings is 2. The van der Waals surface area contributed by atoms with Crippen molar-refractivity contribution in [2.45, 2.75) is 64.9 Å². The van der Waals surface area contributed by atoms with E-state index in [1.807, 2.05) is 54.6 Å². The summed E-state index contributed by atoms with van der Waals surface area (Å²) in [5, 5.41) is 5.22. The summed E-state index contributed by atoms with van der Waals surface area (Å²) in [7, 11) is 0. The van der Waals surface area contributed by atoms with E-state index >= 15 is 0 Å². The molecule has 0 spiro atoms. The van der Waals surface area contributed by atoms with Gasteiger partial charge < -0.3 is 14.5 Å². The number of halogens is 1. The predicted molar refractivity (Wildman–Crippen MR) is 133 cm³/mol. The molecule has 2 fully saturated rings. The highest BCUT2D eigenvalue weighted by Gasteiger charge is 2.34. The van der Waals surface area contributed by atoms with Crippen LogP contribution in [0, 0.1) is 5.92 Å². The van der Waals surface area contributed by atoms with E-state index in [1.54, 1.807) is 11.1 Å². The Labute approximate surface area is 207 Å². The third-order valence-electron chi connectivity index (χ3n) is 6.72. The molecule has 8 heteroatoms. The quantitative estimate of drug-likeness (QED) is 0.573. The van der Waals surface area contributed by atoms with Crippen LogP contribution in [0.25, 0.3) is 5.69 Å². The van der Waals surface area contributed by atoms with Crippen LogP contribution in [0.5, 0.6) is 0 Å². The Hall–Kier alpha value is -2.54. The second kappa shape index (κ2) is 9.98. The topological polar surface area (TPSA) is 67.7 Å². The maximum Gasteiger partial charge on any atom is 0.410 e. The molecule has 0 saturated carbocycles. The first-order chi connectivity index (χ1) is 16.1. The SMILES string of the molecule is CC1CCN(C(=O)c2cnn(-c3ccccc3Cl)c2C2CCN(C(=O)OC(C)(C)C)CC2)CC1. The van der Waals surface area contributed by atoms with Crippen molar-refractivity contribution in [3.05, 3.63) is 46.7 Å². The molecule has 184 valence electrons. The second-order valence-electron chi connectivity index (χ2n) is 10.5. The molecule has 0 unspecified atom stereocenters. The molecule has 0 radical (unpaired) electrons. The molecule has 0 N–H and O–H groups in total. The number of carbonyl (C=O) groups is 2. The molecule has 0 atom stereocenters. The molecule has 2 aliphatic heterocycles. The zero-order valence-corrected chi connectivity index (χ0v) is 21.3. The molecule has 1 aromatic heterocycles. The highest BCUT2D eigenvalue weighted by atomic mass is 35.5. The fourth-order valence-electron chi connectivity index (χ4n) is 4.77. The van der Waals surface area contributed by atoms with Crippen molar-refractivity contribution in [1.29, 1.82) is 0 Å². The van der Waals surface area contributed by atoms with Crippen molar-refractivity contribution in [3.63, 3.8) is 0 Å². The number of amides is 2. The summed E-state index contributed by atoms with van der Waals surface area (Å²) in [5.41, 5.74) is 1.77. The highest BCUT2D eigenvalue weighted by Crippen LogP contribution is 2.35. The Kier molecular flexibility index (Phi) is 7.22. The van der Waals surface area contributed by atoms with Gasteiger partial charge >= 0.3 is 6.09 Å². The molecule has 2 saturated heterocycles. The minimum atomic E-state index is -0.526. The lowest BCUT2D eigenvalue weighted by molar-refractivity contribution is 0.0202. The summed E-state index contributed by atoms with van der Waals surface area (Å²) in [6.45, 7) is 10.5. The first-order valence-electron chi connectivity index (χ1n) is 12.2. The fourth-order valence-corrected chi connectivity index (χ4v) is 4.99. The maximum atomic E-state index is 13.6. The van der Waals surface area contributed by atoms with Crippen molar-refractivity contribution in [2.75, 3.05) is 26.2 Å². The largest absolute Gasteiger partial charge is 0.444 e. The van der Waals surface area contributed by atoms with Crippen molar-refractivity contribution < 1.29 is 14.3 Å². The lowest BCUT2D eigenvalue weighted by Crippen LogP contribution is -2.42. The maximum absolute atomic E-state index is 13.6. The lowest BCUT2D eigenvalue weighted by atomic mass is 9.90. The van der Waals surface area contributed by atoms with Gasteiger partial charge in [-0.05, 0) is 64.5 Å². The smallest absolute Gasteiger partial charge is 0.410 e. The Morgan fingerprint density at radius 1 is 1.00 bits per heavy atom. The van der Waals surface area contributed by atoms with Gasteiger partial charge in [0.25, 0.3) is 5.91 Å². The van der Waals surface area contributed by atoms with E-state index in [9.17, 15) is 9.59 Å². The average Bonchev–Trinajstić information content (AvgIpc) is 3.23. The van der Waals surface area contributed by atoms with Crippen LogP contribution in [0.4, 0.5) is 4.79 Å². The van der Waals surface area contributed by atoms with Crippen LogP contribution < -0.4 is 0 Å². The van der Waals surface area contributed by atoms with Crippen LogP contribution in [0.15, 0.2) is 30.5 Å². The second-order valence-corrected chi connectivity index (χ2v) is 10.9. The standard InChI is InChI=1S/C26H35ClN4O3/c1-18-9-13-29(14-10-18)24(32)20-17-28-31(22-8-6-5-7-21(22)27)23(20)19-11-15-30(16-12-19)25(33)34-26(2,3)4/h5-8,17-19H,9-16H2,1-4H3. The van der Waals surface area contributed by atoms with E-state index in [1.165, 1.54) is 0 Å². The third-order valence-corrected chi connectivity index (χ3v) is 7.04. The zero-order chi connectivity index (χ0) is 24.5. The van der Waals surface area contributed by atoms with E-state index < -0.39 is 5.60 Å². The lowest BCUT2D eigenvalue weighted by Gasteiger charge is -2.34. The number of para-hydroxylation sites is 1. The minimum absolute atomic E-state index is 0.0368. The van der Waals surface area contributed by atoms with E-state index in [4.69, 9.17) is 16.3 Å². The molecular weight excluding hydrogens is 452 g/mol. The molecule has 7 nitrogen and oxygen atoms in total. The van der Waals surface area contributed by atoms with Crippen LogP contribution in [-0.2, 0) is 4.74 Å². The van der Waals surface area contributed by atoms with Gasteiger partial charge in [-0.15, -0.1) is 0 Å². The van der Waals surface area contributed by atoms with Gasteiger partial charge in [0.05, 0.1) is 28.2 Å². The number of rotatable bonds is 3. The third kappa shape index (κ3) is 5.40. The van der Waals surface area contributed by atoms with Gasteiger partial charge in [-0.25, -0.2) is 9.48 Å². The van der Waals surface area contributed by atoms with Crippen molar-refractivity contribution in [1.82, 2.24) is 19.6 Å². The van der Waals surface area contributed by atoms with Gasteiger partial charge in [0, 0.05) is 32.1 Å². The van der Waals surface area contributed by atoms with Gasteiger partial charge in [0.15, 0.2) is 0 Å². The molecule has 0 bridgehead atoms. The molecule has 3 heterocycles. The summed E-state index contributed by atoms with van der Waals surface area (Å²) in [5.74, 6) is 0.765. The number of aromatic nitrogens is 2. The van der Waals surface area contributed by atoms with Crippen LogP contribution in [0.2, 0.25) is 5.02 Å². The van der Waals surface area contributed by atoms with Gasteiger partial charge in [0.2, 0.25) is 0 Å². The normalized spacial score (nSPS) is 18.3. The number of hydrogen-bond acceptors (Lipinski definition) is 4. The number of ether oxygens (including phenoxy) is 1. The minimum Gasteiger partial charge on any atom is -0.444 e. The number of nitrogens with zero attached hydrogens (tertiary/aromatic N) is 4. The van der Waals surface area contributed by atoms with Crippen LogP contribution >= 0.6 is 11.6 Å². The van der Waals surface area contributed by atoms with E-state index in [2.05, 4.69) is 12.0 Å². The van der Waals surface area contributed by atoms with E-state index in [0.717, 1.165) is 50.2 Å². The number of benzene rings is 1. The molecule has 2 aliphatic rings. The van der Waals surface area contributed by atoms with Gasteiger partial charge in [-0.2, -0.15) is 5.10 Å². The number of hydrogen-bond donors (Lipinski definition) is 0. The molecule has 34 heavy (non-hydrogen) atoms. The molecule has 4 rings (SSSR count). The summed E-state index contributed by atoms with van der Waals surface area (Å²) >= 11 is 6.52. The van der Waals surface area contributed by atoms with Gasteiger partial charge in [-0.3, -0.25) is 4.79 Å². The van der Waals surface area contributed by atoms with Crippen molar-refractivity contribution >= 4 is 23.6 Å². The molecule has 2 amide bonds. The molecule has 0 aliphatic carbocycles. The van der Waals surface area contributed by atoms with Crippen LogP contribution in [0.3, 0.4) is 0 Å². The fraction of sp³-hybridized carbons (Fsp3) is 0.577. The van der Waals surface area contributed by atoms with Gasteiger partial charge in [-0.1, -0.05) is 30.7 Å². The Balaban J connectivity index is 1.61. The summed E-state index contributed by atoms with van der Waals surface area (Å²) in [4.78, 5) is 29.8. The molecule has 1 aromatic carbocycles. The van der Waals surface area contributed by atoms with Crippen molar-refractivity contribution in [3.8, 4) is 5.69 Å². The first-order valence-corrected chi connectivity index (χ1v) is 12.6. The zero-order valence-electron chi connectivity index (χ0n) is 20.6. The Morgan fingerprint density at radius 2 is 1.62 bits per heavy atom. The number of likely N-dealkylation sites (tertiary alicyclic amines) is 2.